The van der Waals surface area contributed by atoms with Gasteiger partial charge in [-0.3, -0.25) is 5.41 Å². The number of nitrogens with zero attached hydrogens (tertiary/aromatic N) is 1. The summed E-state index contributed by atoms with van der Waals surface area (Å²) in [4.78, 5) is 0. The molecule has 0 aromatic carbocycles. The maximum absolute atomic E-state index is 11.9. The molecule has 1 atom stereocenters. The third-order valence-corrected chi connectivity index (χ3v) is 4.12. The molecule has 0 saturated heterocycles. The molecule has 0 aliphatic rings. The van der Waals surface area contributed by atoms with E-state index in [-0.39, 0.29) is 17.8 Å². The Bertz CT molecular complexity index is 337. The lowest BCUT2D eigenvalue weighted by Crippen LogP contribution is -2.52. The van der Waals surface area contributed by atoms with Gasteiger partial charge in [0.2, 0.25) is 0 Å². The van der Waals surface area contributed by atoms with Crippen molar-refractivity contribution in [1.29, 1.82) is 5.41 Å². The second kappa shape index (κ2) is 5.60. The van der Waals surface area contributed by atoms with Crippen LogP contribution >= 0.6 is 0 Å². The molecule has 0 heterocycles. The highest BCUT2D eigenvalue weighted by Gasteiger charge is 2.27. The molecule has 0 aromatic rings. The Balaban J connectivity index is 4.88. The molecule has 0 radical (unpaired) electrons. The Morgan fingerprint density at radius 3 is 2.00 bits per heavy atom. The van der Waals surface area contributed by atoms with Crippen LogP contribution in [0.2, 0.25) is 0 Å². The van der Waals surface area contributed by atoms with E-state index in [0.717, 1.165) is 0 Å². The summed E-state index contributed by atoms with van der Waals surface area (Å²) in [5.74, 6) is -0.233. The molecule has 16 heavy (non-hydrogen) atoms. The van der Waals surface area contributed by atoms with E-state index in [9.17, 15) is 8.42 Å². The second-order valence-corrected chi connectivity index (χ2v) is 6.17. The second-order valence-electron chi connectivity index (χ2n) is 4.41. The molecule has 96 valence electrons. The lowest BCUT2D eigenvalue weighted by molar-refractivity contribution is 0.394. The highest BCUT2D eigenvalue weighted by Crippen LogP contribution is 2.07. The van der Waals surface area contributed by atoms with Crippen molar-refractivity contribution in [2.75, 3.05) is 7.05 Å². The zero-order valence-electron chi connectivity index (χ0n) is 10.5. The summed E-state index contributed by atoms with van der Waals surface area (Å²) in [6, 6.07) is -0.802. The van der Waals surface area contributed by atoms with Crippen molar-refractivity contribution in [3.8, 4) is 0 Å². The molecule has 0 bridgehead atoms. The third-order valence-electron chi connectivity index (χ3n) is 2.38. The number of rotatable bonds is 6. The van der Waals surface area contributed by atoms with Gasteiger partial charge in [0.05, 0.1) is 6.04 Å². The number of hydrogen-bond donors (Lipinski definition) is 3. The first-order valence-corrected chi connectivity index (χ1v) is 6.62. The van der Waals surface area contributed by atoms with E-state index >= 15 is 0 Å². The zero-order valence-corrected chi connectivity index (χ0v) is 11.3. The van der Waals surface area contributed by atoms with Crippen LogP contribution in [0.15, 0.2) is 0 Å². The summed E-state index contributed by atoms with van der Waals surface area (Å²) in [6.07, 6.45) is 0. The van der Waals surface area contributed by atoms with Crippen LogP contribution in [0.3, 0.4) is 0 Å². The molecular formula is C9H22N4O2S. The van der Waals surface area contributed by atoms with E-state index in [4.69, 9.17) is 11.1 Å². The van der Waals surface area contributed by atoms with Gasteiger partial charge in [0.25, 0.3) is 10.2 Å². The van der Waals surface area contributed by atoms with E-state index in [2.05, 4.69) is 4.72 Å². The molecule has 4 N–H and O–H groups in total. The van der Waals surface area contributed by atoms with Gasteiger partial charge in [-0.15, -0.1) is 0 Å². The van der Waals surface area contributed by atoms with Crippen molar-refractivity contribution < 1.29 is 8.42 Å². The van der Waals surface area contributed by atoms with E-state index < -0.39 is 16.3 Å². The summed E-state index contributed by atoms with van der Waals surface area (Å²) < 4.78 is 27.3. The average Bonchev–Trinajstić information content (AvgIpc) is 2.11. The first-order chi connectivity index (χ1) is 7.09. The Hall–Kier alpha value is -0.660. The van der Waals surface area contributed by atoms with Crippen molar-refractivity contribution >= 4 is 16.0 Å². The molecule has 6 nitrogen and oxygen atoms in total. The van der Waals surface area contributed by atoms with Gasteiger partial charge in [-0.2, -0.15) is 17.4 Å². The van der Waals surface area contributed by atoms with Crippen molar-refractivity contribution in [2.45, 2.75) is 39.8 Å². The lowest BCUT2D eigenvalue weighted by atomic mass is 10.1. The van der Waals surface area contributed by atoms with Crippen LogP contribution in [0.25, 0.3) is 0 Å². The quantitative estimate of drug-likeness (QED) is 0.461. The van der Waals surface area contributed by atoms with Gasteiger partial charge in [-0.1, -0.05) is 13.8 Å². The number of amidine groups is 1. The summed E-state index contributed by atoms with van der Waals surface area (Å²) in [5.41, 5.74) is 5.36. The van der Waals surface area contributed by atoms with Gasteiger partial charge in [0.15, 0.2) is 0 Å². The fraction of sp³-hybridized carbons (Fsp3) is 0.889. The van der Waals surface area contributed by atoms with Crippen molar-refractivity contribution in [3.05, 3.63) is 0 Å². The van der Waals surface area contributed by atoms with Crippen LogP contribution in [0.4, 0.5) is 0 Å². The molecule has 0 spiro atoms. The average molecular weight is 250 g/mol. The van der Waals surface area contributed by atoms with Gasteiger partial charge in [-0.05, 0) is 19.8 Å². The number of nitrogens with two attached hydrogens (primary N) is 1. The summed E-state index contributed by atoms with van der Waals surface area (Å²) in [6.45, 7) is 7.17. The maximum atomic E-state index is 11.9. The SMILES string of the molecule is CC(C)C(NS(=O)(=O)N(C)C(C)C)C(=N)N. The van der Waals surface area contributed by atoms with Crippen LogP contribution in [0.5, 0.6) is 0 Å². The molecule has 0 aliphatic carbocycles. The highest BCUT2D eigenvalue weighted by molar-refractivity contribution is 7.87. The highest BCUT2D eigenvalue weighted by atomic mass is 32.2. The molecule has 0 saturated carbocycles. The minimum Gasteiger partial charge on any atom is -0.386 e. The predicted molar refractivity (Wildman–Crippen MR) is 65.5 cm³/mol. The Kier molecular flexibility index (Phi) is 5.37. The standard InChI is InChI=1S/C9H22N4O2S/c1-6(2)8(9(10)11)12-16(14,15)13(5)7(3)4/h6-8,12H,1-5H3,(H3,10,11). The van der Waals surface area contributed by atoms with Gasteiger partial charge in [0, 0.05) is 13.1 Å². The zero-order chi connectivity index (χ0) is 13.1. The first kappa shape index (κ1) is 15.3. The van der Waals surface area contributed by atoms with Gasteiger partial charge in [-0.25, -0.2) is 0 Å². The minimum absolute atomic E-state index is 0.0622. The van der Waals surface area contributed by atoms with Crippen molar-refractivity contribution in [1.82, 2.24) is 9.03 Å². The summed E-state index contributed by atoms with van der Waals surface area (Å²) >= 11 is 0. The number of hydrogen-bond acceptors (Lipinski definition) is 3. The van der Waals surface area contributed by atoms with Crippen LogP contribution in [-0.2, 0) is 10.2 Å². The van der Waals surface area contributed by atoms with Crippen LogP contribution in [-0.4, -0.2) is 37.7 Å². The molecule has 0 aliphatic heterocycles. The van der Waals surface area contributed by atoms with Crippen LogP contribution < -0.4 is 10.5 Å². The van der Waals surface area contributed by atoms with E-state index in [1.807, 2.05) is 13.8 Å². The molecule has 0 aromatic heterocycles. The van der Waals surface area contributed by atoms with Gasteiger partial charge < -0.3 is 5.73 Å². The third kappa shape index (κ3) is 4.07. The van der Waals surface area contributed by atoms with E-state index in [0.29, 0.717) is 0 Å². The molecule has 0 amide bonds. The van der Waals surface area contributed by atoms with Crippen molar-refractivity contribution in [2.24, 2.45) is 11.7 Å². The van der Waals surface area contributed by atoms with Gasteiger partial charge in [0.1, 0.15) is 5.84 Å². The number of nitrogens with one attached hydrogen (secondary N) is 2. The van der Waals surface area contributed by atoms with E-state index in [1.165, 1.54) is 11.4 Å². The van der Waals surface area contributed by atoms with Gasteiger partial charge >= 0.3 is 0 Å². The summed E-state index contributed by atoms with van der Waals surface area (Å²) in [5, 5.41) is 7.34. The first-order valence-electron chi connectivity index (χ1n) is 5.18. The predicted octanol–water partition coefficient (Wildman–Crippen LogP) is 0.122. The fourth-order valence-corrected chi connectivity index (χ4v) is 2.52. The molecule has 0 rings (SSSR count). The van der Waals surface area contributed by atoms with E-state index in [1.54, 1.807) is 13.8 Å². The topological polar surface area (TPSA) is 99.3 Å². The molecule has 0 fully saturated rings. The minimum atomic E-state index is -3.59. The van der Waals surface area contributed by atoms with Crippen molar-refractivity contribution in [3.63, 3.8) is 0 Å². The van der Waals surface area contributed by atoms with Crippen LogP contribution in [0.1, 0.15) is 27.7 Å². The molecule has 1 unspecified atom stereocenters. The Morgan fingerprint density at radius 1 is 1.31 bits per heavy atom. The maximum Gasteiger partial charge on any atom is 0.280 e. The summed E-state index contributed by atoms with van der Waals surface area (Å²) in [7, 11) is -2.10. The monoisotopic (exact) mass is 250 g/mol. The normalized spacial score (nSPS) is 14.8. The smallest absolute Gasteiger partial charge is 0.280 e. The largest absolute Gasteiger partial charge is 0.386 e. The molecular weight excluding hydrogens is 228 g/mol. The Morgan fingerprint density at radius 2 is 1.75 bits per heavy atom. The lowest BCUT2D eigenvalue weighted by Gasteiger charge is -2.26. The molecule has 7 heteroatoms. The fourth-order valence-electron chi connectivity index (χ4n) is 1.08. The van der Waals surface area contributed by atoms with Crippen LogP contribution in [0, 0.1) is 11.3 Å². The Labute approximate surface area is 97.9 Å².